The summed E-state index contributed by atoms with van der Waals surface area (Å²) < 4.78 is 15.0. The molecule has 25 heavy (non-hydrogen) atoms. The number of thiophene rings is 1. The second-order valence-electron chi connectivity index (χ2n) is 5.84. The number of aromatic hydroxyl groups is 1. The van der Waals surface area contributed by atoms with Crippen LogP contribution in [0.4, 0.5) is 4.39 Å². The average Bonchev–Trinajstić information content (AvgIpc) is 3.08. The number of rotatable bonds is 3. The van der Waals surface area contributed by atoms with E-state index in [0.717, 1.165) is 5.39 Å². The Morgan fingerprint density at radius 1 is 1.20 bits per heavy atom. The molecule has 4 nitrogen and oxygen atoms in total. The van der Waals surface area contributed by atoms with Crippen LogP contribution in [0.1, 0.15) is 5.56 Å². The number of benzene rings is 2. The van der Waals surface area contributed by atoms with Gasteiger partial charge in [-0.15, -0.1) is 11.3 Å². The molecule has 4 N–H and O–H groups in total. The van der Waals surface area contributed by atoms with Gasteiger partial charge in [0, 0.05) is 21.9 Å². The van der Waals surface area contributed by atoms with Crippen LogP contribution >= 0.6 is 11.3 Å². The zero-order valence-electron chi connectivity index (χ0n) is 13.2. The molecule has 4 rings (SSSR count). The van der Waals surface area contributed by atoms with Crippen molar-refractivity contribution >= 4 is 32.3 Å². The van der Waals surface area contributed by atoms with Crippen molar-refractivity contribution < 1.29 is 9.50 Å². The fourth-order valence-corrected chi connectivity index (χ4v) is 3.99. The first-order valence-electron chi connectivity index (χ1n) is 7.84. The van der Waals surface area contributed by atoms with E-state index in [4.69, 9.17) is 5.73 Å². The number of hydrogen-bond donors (Lipinski definition) is 3. The van der Waals surface area contributed by atoms with Gasteiger partial charge in [-0.05, 0) is 53.7 Å². The highest BCUT2D eigenvalue weighted by Gasteiger charge is 2.16. The van der Waals surface area contributed by atoms with Crippen LogP contribution in [0.15, 0.2) is 46.6 Å². The summed E-state index contributed by atoms with van der Waals surface area (Å²) in [4.78, 5) is 15.0. The van der Waals surface area contributed by atoms with Crippen LogP contribution < -0.4 is 11.3 Å². The Balaban J connectivity index is 2.07. The van der Waals surface area contributed by atoms with E-state index in [2.05, 4.69) is 4.98 Å². The number of nitrogens with two attached hydrogens (primary N) is 1. The molecule has 0 spiro atoms. The number of phenols is 1. The van der Waals surface area contributed by atoms with Crippen molar-refractivity contribution in [2.24, 2.45) is 5.73 Å². The molecule has 126 valence electrons. The highest BCUT2D eigenvalue weighted by molar-refractivity contribution is 7.17. The van der Waals surface area contributed by atoms with Crippen LogP contribution in [0.5, 0.6) is 5.75 Å². The summed E-state index contributed by atoms with van der Waals surface area (Å²) in [5.74, 6) is -0.316. The minimum absolute atomic E-state index is 0.0398. The predicted molar refractivity (Wildman–Crippen MR) is 99.8 cm³/mol. The second kappa shape index (κ2) is 5.98. The van der Waals surface area contributed by atoms with Crippen molar-refractivity contribution in [2.45, 2.75) is 6.42 Å². The molecule has 0 atom stereocenters. The molecule has 0 bridgehead atoms. The Kier molecular flexibility index (Phi) is 3.78. The molecule has 0 saturated heterocycles. The Bertz CT molecular complexity index is 1160. The van der Waals surface area contributed by atoms with Crippen LogP contribution in [-0.2, 0) is 6.42 Å². The number of H-pyrrole nitrogens is 1. The first-order valence-corrected chi connectivity index (χ1v) is 8.72. The van der Waals surface area contributed by atoms with Gasteiger partial charge in [0.05, 0.1) is 0 Å². The normalized spacial score (nSPS) is 11.4. The summed E-state index contributed by atoms with van der Waals surface area (Å²) in [5, 5.41) is 13.8. The number of aromatic nitrogens is 1. The van der Waals surface area contributed by atoms with Gasteiger partial charge in [-0.25, -0.2) is 4.39 Å². The monoisotopic (exact) mass is 354 g/mol. The maximum absolute atomic E-state index is 14.4. The van der Waals surface area contributed by atoms with E-state index in [1.807, 2.05) is 11.4 Å². The summed E-state index contributed by atoms with van der Waals surface area (Å²) >= 11 is 1.34. The number of halogens is 1. The fraction of sp³-hybridized carbons (Fsp3) is 0.105. The van der Waals surface area contributed by atoms with E-state index >= 15 is 0 Å². The first-order chi connectivity index (χ1) is 12.1. The molecule has 0 fully saturated rings. The second-order valence-corrected chi connectivity index (χ2v) is 6.76. The van der Waals surface area contributed by atoms with E-state index in [1.165, 1.54) is 23.5 Å². The lowest BCUT2D eigenvalue weighted by Gasteiger charge is -2.12. The minimum atomic E-state index is -0.356. The lowest BCUT2D eigenvalue weighted by molar-refractivity contribution is 0.478. The third kappa shape index (κ3) is 2.50. The van der Waals surface area contributed by atoms with Gasteiger partial charge in [0.25, 0.3) is 5.56 Å². The molecular weight excluding hydrogens is 339 g/mol. The van der Waals surface area contributed by atoms with E-state index in [9.17, 15) is 14.3 Å². The van der Waals surface area contributed by atoms with E-state index in [1.54, 1.807) is 18.2 Å². The van der Waals surface area contributed by atoms with Gasteiger partial charge in [0.15, 0.2) is 0 Å². The minimum Gasteiger partial charge on any atom is -0.507 e. The van der Waals surface area contributed by atoms with Gasteiger partial charge in [-0.1, -0.05) is 12.1 Å². The van der Waals surface area contributed by atoms with Crippen molar-refractivity contribution in [1.29, 1.82) is 0 Å². The number of hydrogen-bond acceptors (Lipinski definition) is 4. The number of pyridine rings is 1. The molecule has 0 radical (unpaired) electrons. The Morgan fingerprint density at radius 3 is 2.80 bits per heavy atom. The van der Waals surface area contributed by atoms with Crippen molar-refractivity contribution in [1.82, 2.24) is 4.98 Å². The molecule has 6 heteroatoms. The van der Waals surface area contributed by atoms with Crippen LogP contribution in [0.25, 0.3) is 32.1 Å². The van der Waals surface area contributed by atoms with Crippen molar-refractivity contribution in [3.8, 4) is 16.9 Å². The van der Waals surface area contributed by atoms with Gasteiger partial charge < -0.3 is 15.8 Å². The summed E-state index contributed by atoms with van der Waals surface area (Å²) in [7, 11) is 0. The molecule has 0 aliphatic heterocycles. The quantitative estimate of drug-likeness (QED) is 0.524. The first kappa shape index (κ1) is 15.8. The van der Waals surface area contributed by atoms with Gasteiger partial charge in [-0.2, -0.15) is 0 Å². The summed E-state index contributed by atoms with van der Waals surface area (Å²) in [6.07, 6.45) is 0.454. The molecule has 2 heterocycles. The third-order valence-electron chi connectivity index (χ3n) is 4.33. The SMILES string of the molecule is NCCc1ccc(-c2c(O)ccc3[nH]c(=O)c4sccc4c23)cc1F. The van der Waals surface area contributed by atoms with Crippen LogP contribution in [0.2, 0.25) is 0 Å². The number of fused-ring (bicyclic) bond motifs is 3. The molecule has 0 aliphatic rings. The van der Waals surface area contributed by atoms with E-state index < -0.39 is 0 Å². The Hall–Kier alpha value is -2.70. The topological polar surface area (TPSA) is 79.1 Å². The van der Waals surface area contributed by atoms with Gasteiger partial charge in [-0.3, -0.25) is 4.79 Å². The molecular formula is C19H15FN2O2S. The summed E-state index contributed by atoms with van der Waals surface area (Å²) in [6, 6.07) is 9.88. The Morgan fingerprint density at radius 2 is 2.04 bits per heavy atom. The van der Waals surface area contributed by atoms with Crippen molar-refractivity contribution in [3.63, 3.8) is 0 Å². The molecule has 0 unspecified atom stereocenters. The van der Waals surface area contributed by atoms with E-state index in [-0.39, 0.29) is 17.1 Å². The predicted octanol–water partition coefficient (Wildman–Crippen LogP) is 3.76. The molecule has 0 amide bonds. The molecule has 2 aromatic carbocycles. The maximum atomic E-state index is 14.4. The van der Waals surface area contributed by atoms with E-state index in [0.29, 0.717) is 45.3 Å². The van der Waals surface area contributed by atoms with Gasteiger partial charge in [0.2, 0.25) is 0 Å². The van der Waals surface area contributed by atoms with Gasteiger partial charge >= 0.3 is 0 Å². The largest absolute Gasteiger partial charge is 0.507 e. The van der Waals surface area contributed by atoms with Crippen molar-refractivity contribution in [2.75, 3.05) is 6.54 Å². The molecule has 0 saturated carbocycles. The van der Waals surface area contributed by atoms with Crippen LogP contribution in [0.3, 0.4) is 0 Å². The maximum Gasteiger partial charge on any atom is 0.266 e. The fourth-order valence-electron chi connectivity index (χ4n) is 3.19. The number of phenolic OH excluding ortho intramolecular Hbond substituents is 1. The zero-order valence-corrected chi connectivity index (χ0v) is 14.0. The zero-order chi connectivity index (χ0) is 17.6. The smallest absolute Gasteiger partial charge is 0.266 e. The number of aromatic amines is 1. The molecule has 4 aromatic rings. The van der Waals surface area contributed by atoms with Crippen molar-refractivity contribution in [3.05, 3.63) is 63.5 Å². The average molecular weight is 354 g/mol. The Labute approximate surface area is 146 Å². The summed E-state index contributed by atoms with van der Waals surface area (Å²) in [5.41, 5.74) is 7.55. The highest BCUT2D eigenvalue weighted by atomic mass is 32.1. The summed E-state index contributed by atoms with van der Waals surface area (Å²) in [6.45, 7) is 0.368. The lowest BCUT2D eigenvalue weighted by atomic mass is 9.96. The molecule has 2 aromatic heterocycles. The number of nitrogens with one attached hydrogen (secondary N) is 1. The highest BCUT2D eigenvalue weighted by Crippen LogP contribution is 2.40. The lowest BCUT2D eigenvalue weighted by Crippen LogP contribution is -2.05. The van der Waals surface area contributed by atoms with Gasteiger partial charge in [0.1, 0.15) is 16.3 Å². The third-order valence-corrected chi connectivity index (χ3v) is 5.24. The van der Waals surface area contributed by atoms with Crippen LogP contribution in [-0.4, -0.2) is 16.6 Å². The molecule has 0 aliphatic carbocycles. The van der Waals surface area contributed by atoms with Crippen LogP contribution in [0, 0.1) is 5.82 Å². The standard InChI is InChI=1S/C19H15FN2O2S/c20-13-9-11(2-1-10(13)5-7-21)16-15(23)4-3-14-17(16)12-6-8-25-18(12)19(24)22-14/h1-4,6,8-9,23H,5,7,21H2,(H,22,24).